The van der Waals surface area contributed by atoms with E-state index in [9.17, 15) is 0 Å². The third-order valence-electron chi connectivity index (χ3n) is 14.2. The van der Waals surface area contributed by atoms with Crippen LogP contribution in [0.3, 0.4) is 0 Å². The molecule has 0 amide bonds. The fourth-order valence-electron chi connectivity index (χ4n) is 9.42. The molecule has 15 rings (SSSR count). The topological polar surface area (TPSA) is 169 Å². The van der Waals surface area contributed by atoms with Crippen molar-refractivity contribution in [1.82, 2.24) is 0 Å². The van der Waals surface area contributed by atoms with Crippen LogP contribution in [0.25, 0.3) is 10.2 Å². The second kappa shape index (κ2) is 52.1. The first-order valence-electron chi connectivity index (χ1n) is 33.5. The zero-order valence-corrected chi connectivity index (χ0v) is 58.3. The quantitative estimate of drug-likeness (QED) is 0.0453. The molecule has 0 bridgehead atoms. The SMILES string of the molecule is C1CCOC1.C1CCOC1.C1CCOC1.C1CCOC1.C1CCOC1.C1CCOC1.C1CCOC1.[Li+].[Li+].c1ccc([N-]P(Nc2ccccc2)(Nc2ccccc2)=[NH+]c2ccccc2)cc1.c1ccc([N-]P(Nc2ccccc2)(Nc2ccccc2)=[NH+]c2ccccc2)cc1. The molecule has 0 aromatic heterocycles. The standard InChI is InChI=1S/2C24H22N4P.7C4H8O.2Li/c2*1-5-13-21(14-6-1)25-29(26-22-15-7-2-8-16-22,27-23-17-9-3-10-18-23)28-24-19-11-4-12-20-24;7*1-2-4-5-3-1;;/h2*1-20H,(H2-,25,26,27,28);7*1-4H2;;/q2*-1;;;;;;;;2*+1/p+2. The van der Waals surface area contributed by atoms with Crippen LogP contribution >= 0.6 is 15.0 Å². The van der Waals surface area contributed by atoms with E-state index in [0.717, 1.165) is 138 Å². The van der Waals surface area contributed by atoms with Gasteiger partial charge in [-0.05, 0) is 138 Å². The van der Waals surface area contributed by atoms with Crippen LogP contribution in [0.1, 0.15) is 89.9 Å². The van der Waals surface area contributed by atoms with E-state index in [4.69, 9.17) is 43.3 Å². The number of benzene rings is 8. The van der Waals surface area contributed by atoms with E-state index < -0.39 is 15.0 Å². The van der Waals surface area contributed by atoms with E-state index in [2.05, 4.69) is 103 Å². The van der Waals surface area contributed by atoms with Crippen LogP contribution in [-0.2, 0) is 33.2 Å². The van der Waals surface area contributed by atoms with Crippen molar-refractivity contribution < 1.29 is 80.4 Å². The van der Waals surface area contributed by atoms with Gasteiger partial charge in [0.15, 0.2) is 11.4 Å². The van der Waals surface area contributed by atoms with Gasteiger partial charge in [-0.3, -0.25) is 0 Å². The molecule has 95 heavy (non-hydrogen) atoms. The van der Waals surface area contributed by atoms with Gasteiger partial charge in [0.05, 0.1) is 0 Å². The Balaban J connectivity index is 0.000000224. The number of rotatable bonds is 14. The number of nitrogens with zero attached hydrogens (tertiary/aromatic N) is 2. The van der Waals surface area contributed by atoms with Crippen LogP contribution in [0.15, 0.2) is 243 Å². The summed E-state index contributed by atoms with van der Waals surface area (Å²) in [5, 5.41) is 24.9. The molecule has 0 atom stereocenters. The van der Waals surface area contributed by atoms with Crippen LogP contribution in [0.5, 0.6) is 0 Å². The molecule has 498 valence electrons. The first kappa shape index (κ1) is 79.6. The van der Waals surface area contributed by atoms with Gasteiger partial charge in [-0.25, -0.2) is 9.49 Å². The van der Waals surface area contributed by atoms with Crippen molar-refractivity contribution in [3.8, 4) is 0 Å². The van der Waals surface area contributed by atoms with Crippen LogP contribution in [0.2, 0.25) is 0 Å². The summed E-state index contributed by atoms with van der Waals surface area (Å²) in [6.45, 7) is 14.0. The maximum atomic E-state index is 5.15. The second-order valence-electron chi connectivity index (χ2n) is 22.2. The minimum absolute atomic E-state index is 0. The normalized spacial score (nSPS) is 15.4. The summed E-state index contributed by atoms with van der Waals surface area (Å²) >= 11 is 0. The number of nitrogens with one attached hydrogen (secondary N) is 6. The molecule has 19 heteroatoms. The molecule has 7 aliphatic rings. The zero-order valence-electron chi connectivity index (χ0n) is 56.5. The molecule has 7 fully saturated rings. The van der Waals surface area contributed by atoms with Gasteiger partial charge in [0.25, 0.3) is 0 Å². The molecule has 8 aromatic carbocycles. The monoisotopic (exact) mass is 1310 g/mol. The van der Waals surface area contributed by atoms with E-state index in [-0.39, 0.29) is 37.7 Å². The minimum Gasteiger partial charge on any atom is -0.573 e. The molecule has 8 aromatic rings. The van der Waals surface area contributed by atoms with Gasteiger partial charge in [0, 0.05) is 140 Å². The fraction of sp³-hybridized carbons (Fsp3) is 0.368. The summed E-state index contributed by atoms with van der Waals surface area (Å²) in [5.74, 6) is 0. The van der Waals surface area contributed by atoms with Crippen molar-refractivity contribution in [3.05, 3.63) is 253 Å². The molecule has 7 heterocycles. The Morgan fingerprint density at radius 3 is 0.537 bits per heavy atom. The maximum absolute atomic E-state index is 5.15. The summed E-state index contributed by atoms with van der Waals surface area (Å²) in [6, 6.07) is 80.9. The van der Waals surface area contributed by atoms with Gasteiger partial charge in [-0.1, -0.05) is 170 Å². The molecule has 7 aliphatic heterocycles. The molecular weight excluding hydrogens is 1210 g/mol. The first-order chi connectivity index (χ1) is 46.1. The van der Waals surface area contributed by atoms with E-state index in [1.807, 2.05) is 170 Å². The maximum Gasteiger partial charge on any atom is 1.00 e. The largest absolute Gasteiger partial charge is 1.00 e. The van der Waals surface area contributed by atoms with E-state index in [1.165, 1.54) is 89.9 Å². The van der Waals surface area contributed by atoms with Crippen molar-refractivity contribution in [3.63, 3.8) is 0 Å². The molecule has 0 spiro atoms. The fourth-order valence-corrected chi connectivity index (χ4v) is 14.2. The van der Waals surface area contributed by atoms with Gasteiger partial charge < -0.3 is 63.7 Å². The first-order valence-corrected chi connectivity index (χ1v) is 37.0. The zero-order chi connectivity index (χ0) is 64.3. The molecule has 0 radical (unpaired) electrons. The summed E-state index contributed by atoms with van der Waals surface area (Å²) in [4.78, 5) is 0. The third kappa shape index (κ3) is 36.7. The number of hydrogen-bond acceptors (Lipinski definition) is 7. The van der Waals surface area contributed by atoms with E-state index in [0.29, 0.717) is 0 Å². The predicted octanol–water partition coefficient (Wildman–Crippen LogP) is 12.1. The van der Waals surface area contributed by atoms with Crippen molar-refractivity contribution >= 4 is 60.5 Å². The average molecular weight is 1320 g/mol. The Hall–Kier alpha value is -6.07. The van der Waals surface area contributed by atoms with Crippen LogP contribution in [-0.4, -0.2) is 92.5 Å². The van der Waals surface area contributed by atoms with E-state index in [1.54, 1.807) is 0 Å². The van der Waals surface area contributed by atoms with Gasteiger partial charge >= 0.3 is 37.7 Å². The summed E-state index contributed by atoms with van der Waals surface area (Å²) < 4.78 is 41.9. The molecule has 15 nitrogen and oxygen atoms in total. The number of ether oxygens (including phenoxy) is 7. The Bertz CT molecular complexity index is 2610. The van der Waals surface area contributed by atoms with E-state index >= 15 is 0 Å². The summed E-state index contributed by atoms with van der Waals surface area (Å²) in [5.41, 5.74) is 7.76. The number of anilines is 4. The molecule has 6 N–H and O–H groups in total. The number of para-hydroxylation sites is 6. The second-order valence-corrected chi connectivity index (χ2v) is 26.5. The number of hydrogen-bond donors (Lipinski definition) is 6. The summed E-state index contributed by atoms with van der Waals surface area (Å²) in [7, 11) is -5.02. The Morgan fingerprint density at radius 2 is 0.379 bits per heavy atom. The predicted molar refractivity (Wildman–Crippen MR) is 388 cm³/mol. The smallest absolute Gasteiger partial charge is 0.573 e. The van der Waals surface area contributed by atoms with Gasteiger partial charge in [0.2, 0.25) is 15.0 Å². The van der Waals surface area contributed by atoms with Crippen LogP contribution in [0.4, 0.5) is 45.5 Å². The minimum atomic E-state index is -2.51. The Kier molecular flexibility index (Phi) is 43.7. The Morgan fingerprint density at radius 1 is 0.221 bits per heavy atom. The van der Waals surface area contributed by atoms with Crippen LogP contribution < -0.4 is 67.6 Å². The molecule has 7 saturated heterocycles. The third-order valence-corrected chi connectivity index (χ3v) is 18.8. The molecule has 0 aliphatic carbocycles. The van der Waals surface area contributed by atoms with Gasteiger partial charge in [0.1, 0.15) is 0 Å². The van der Waals surface area contributed by atoms with Gasteiger partial charge in [-0.2, -0.15) is 0 Å². The van der Waals surface area contributed by atoms with Crippen molar-refractivity contribution in [2.24, 2.45) is 0 Å². The van der Waals surface area contributed by atoms with Crippen molar-refractivity contribution in [2.45, 2.75) is 89.9 Å². The molecule has 0 saturated carbocycles. The Labute approximate surface area is 592 Å². The molecule has 0 unspecified atom stereocenters. The molecular formula is C76H102Li2N8O7P2+2. The van der Waals surface area contributed by atoms with Gasteiger partial charge in [-0.15, -0.1) is 11.4 Å². The van der Waals surface area contributed by atoms with Crippen molar-refractivity contribution in [1.29, 1.82) is 0 Å². The average Bonchev–Trinajstić information content (AvgIpc) is 1.88. The van der Waals surface area contributed by atoms with Crippen molar-refractivity contribution in [2.75, 3.05) is 113 Å². The summed E-state index contributed by atoms with van der Waals surface area (Å²) in [6.07, 6.45) is 17.9. The van der Waals surface area contributed by atoms with Crippen LogP contribution in [0, 0.1) is 0 Å².